The molecule has 27 heavy (non-hydrogen) atoms. The molecule has 0 fully saturated rings. The van der Waals surface area contributed by atoms with Crippen molar-refractivity contribution in [2.45, 2.75) is 39.3 Å². The molecule has 0 aliphatic carbocycles. The normalized spacial score (nSPS) is 11.7. The summed E-state index contributed by atoms with van der Waals surface area (Å²) in [6.07, 6.45) is 0.188. The minimum absolute atomic E-state index is 0.0514. The minimum Gasteiger partial charge on any atom is -0.444 e. The molecule has 144 valence electrons. The lowest BCUT2D eigenvalue weighted by atomic mass is 10.1. The smallest absolute Gasteiger partial charge is 0.291 e. The van der Waals surface area contributed by atoms with Gasteiger partial charge in [-0.2, -0.15) is 0 Å². The van der Waals surface area contributed by atoms with Crippen LogP contribution in [-0.4, -0.2) is 29.8 Å². The van der Waals surface area contributed by atoms with Crippen LogP contribution in [0.2, 0.25) is 0 Å². The van der Waals surface area contributed by atoms with E-state index in [1.54, 1.807) is 43.3 Å². The number of anilines is 1. The average molecular weight is 436 g/mol. The molecule has 0 radical (unpaired) electrons. The Bertz CT molecular complexity index is 832. The number of hydrogen-bond donors (Lipinski definition) is 3. The zero-order valence-electron chi connectivity index (χ0n) is 15.3. The average Bonchev–Trinajstić information content (AvgIpc) is 3.00. The molecule has 0 bridgehead atoms. The Labute approximate surface area is 166 Å². The molecule has 2 aromatic rings. The van der Waals surface area contributed by atoms with E-state index in [0.29, 0.717) is 15.9 Å². The third-order valence-corrected chi connectivity index (χ3v) is 3.92. The highest BCUT2D eigenvalue weighted by Gasteiger charge is 2.15. The van der Waals surface area contributed by atoms with Crippen molar-refractivity contribution in [1.82, 2.24) is 10.6 Å². The fraction of sp³-hybridized carbons (Fsp3) is 0.316. The number of benzene rings is 1. The molecule has 7 nitrogen and oxygen atoms in total. The molecule has 8 heteroatoms. The van der Waals surface area contributed by atoms with Gasteiger partial charge < -0.3 is 20.4 Å². The van der Waals surface area contributed by atoms with Gasteiger partial charge >= 0.3 is 0 Å². The van der Waals surface area contributed by atoms with Crippen LogP contribution < -0.4 is 16.0 Å². The molecule has 1 heterocycles. The van der Waals surface area contributed by atoms with Crippen molar-refractivity contribution < 1.29 is 18.8 Å². The first-order valence-corrected chi connectivity index (χ1v) is 9.31. The first-order chi connectivity index (χ1) is 12.7. The molecule has 0 aliphatic heterocycles. The number of carbonyl (C=O) groups excluding carboxylic acids is 3. The Morgan fingerprint density at radius 1 is 1.04 bits per heavy atom. The van der Waals surface area contributed by atoms with Crippen LogP contribution in [0.3, 0.4) is 0 Å². The van der Waals surface area contributed by atoms with Crippen molar-refractivity contribution in [3.63, 3.8) is 0 Å². The Morgan fingerprint density at radius 2 is 1.78 bits per heavy atom. The Morgan fingerprint density at radius 3 is 2.41 bits per heavy atom. The number of furan rings is 1. The lowest BCUT2D eigenvalue weighted by Gasteiger charge is -2.15. The zero-order chi connectivity index (χ0) is 20.0. The van der Waals surface area contributed by atoms with E-state index in [1.807, 2.05) is 13.8 Å². The van der Waals surface area contributed by atoms with Crippen LogP contribution in [0.5, 0.6) is 0 Å². The lowest BCUT2D eigenvalue weighted by molar-refractivity contribution is -0.121. The van der Waals surface area contributed by atoms with Gasteiger partial charge in [-0.15, -0.1) is 0 Å². The van der Waals surface area contributed by atoms with E-state index in [2.05, 4.69) is 31.9 Å². The molecule has 0 saturated carbocycles. The Kier molecular flexibility index (Phi) is 7.18. The van der Waals surface area contributed by atoms with E-state index >= 15 is 0 Å². The third kappa shape index (κ3) is 6.56. The van der Waals surface area contributed by atoms with Crippen LogP contribution in [0.1, 0.15) is 48.1 Å². The summed E-state index contributed by atoms with van der Waals surface area (Å²) in [5.74, 6) is -0.710. The van der Waals surface area contributed by atoms with E-state index in [9.17, 15) is 14.4 Å². The summed E-state index contributed by atoms with van der Waals surface area (Å²) in [6.45, 7) is 5.52. The van der Waals surface area contributed by atoms with E-state index in [1.165, 1.54) is 0 Å². The van der Waals surface area contributed by atoms with E-state index in [0.717, 1.165) is 0 Å². The summed E-state index contributed by atoms with van der Waals surface area (Å²) in [4.78, 5) is 36.3. The molecular weight excluding hydrogens is 414 g/mol. The van der Waals surface area contributed by atoms with Gasteiger partial charge in [0.25, 0.3) is 11.8 Å². The predicted octanol–water partition coefficient (Wildman–Crippen LogP) is 3.33. The molecule has 1 aromatic heterocycles. The molecule has 0 unspecified atom stereocenters. The highest BCUT2D eigenvalue weighted by Crippen LogP contribution is 2.17. The largest absolute Gasteiger partial charge is 0.444 e. The van der Waals surface area contributed by atoms with E-state index in [-0.39, 0.29) is 36.1 Å². The lowest BCUT2D eigenvalue weighted by Crippen LogP contribution is -2.39. The summed E-state index contributed by atoms with van der Waals surface area (Å²) < 4.78 is 5.65. The number of rotatable bonds is 7. The third-order valence-electron chi connectivity index (χ3n) is 3.50. The van der Waals surface area contributed by atoms with Crippen LogP contribution in [0.4, 0.5) is 5.69 Å². The topological polar surface area (TPSA) is 100 Å². The van der Waals surface area contributed by atoms with Crippen molar-refractivity contribution in [2.75, 3.05) is 5.32 Å². The summed E-state index contributed by atoms with van der Waals surface area (Å²) in [5, 5.41) is 8.24. The van der Waals surface area contributed by atoms with Crippen molar-refractivity contribution in [1.29, 1.82) is 0 Å². The van der Waals surface area contributed by atoms with Crippen LogP contribution in [-0.2, 0) is 4.79 Å². The summed E-state index contributed by atoms with van der Waals surface area (Å²) in [6, 6.07) is 9.42. The van der Waals surface area contributed by atoms with Gasteiger partial charge in [0.2, 0.25) is 5.91 Å². The summed E-state index contributed by atoms with van der Waals surface area (Å²) in [7, 11) is 0. The maximum Gasteiger partial charge on any atom is 0.291 e. The van der Waals surface area contributed by atoms with Crippen LogP contribution >= 0.6 is 15.9 Å². The van der Waals surface area contributed by atoms with Crippen molar-refractivity contribution in [2.24, 2.45) is 0 Å². The zero-order valence-corrected chi connectivity index (χ0v) is 16.9. The Balaban J connectivity index is 1.96. The van der Waals surface area contributed by atoms with Gasteiger partial charge in [0.1, 0.15) is 0 Å². The van der Waals surface area contributed by atoms with Gasteiger partial charge in [0.05, 0.1) is 0 Å². The molecule has 0 saturated heterocycles. The minimum atomic E-state index is -0.419. The van der Waals surface area contributed by atoms with Crippen molar-refractivity contribution in [3.8, 4) is 0 Å². The Hall–Kier alpha value is -2.61. The number of amides is 3. The van der Waals surface area contributed by atoms with Gasteiger partial charge in [0.15, 0.2) is 10.4 Å². The molecule has 1 aromatic carbocycles. The van der Waals surface area contributed by atoms with Gasteiger partial charge in [0, 0.05) is 29.8 Å². The molecule has 3 N–H and O–H groups in total. The second-order valence-electron chi connectivity index (χ2n) is 6.44. The molecule has 3 amide bonds. The number of nitrogens with one attached hydrogen (secondary N) is 3. The highest BCUT2D eigenvalue weighted by molar-refractivity contribution is 9.10. The van der Waals surface area contributed by atoms with Crippen LogP contribution in [0.15, 0.2) is 45.5 Å². The van der Waals surface area contributed by atoms with E-state index < -0.39 is 5.91 Å². The predicted molar refractivity (Wildman–Crippen MR) is 106 cm³/mol. The van der Waals surface area contributed by atoms with Crippen LogP contribution in [0.25, 0.3) is 0 Å². The van der Waals surface area contributed by atoms with Crippen LogP contribution in [0, 0.1) is 0 Å². The summed E-state index contributed by atoms with van der Waals surface area (Å²) in [5.41, 5.74) is 0.843. The fourth-order valence-electron chi connectivity index (χ4n) is 2.38. The molecular formula is C19H22BrN3O4. The van der Waals surface area contributed by atoms with Gasteiger partial charge in [-0.1, -0.05) is 6.07 Å². The second kappa shape index (κ2) is 9.36. The number of halogens is 1. The number of hydrogen-bond acceptors (Lipinski definition) is 4. The first kappa shape index (κ1) is 20.7. The molecule has 0 aliphatic rings. The highest BCUT2D eigenvalue weighted by atomic mass is 79.9. The molecule has 1 atom stereocenters. The standard InChI is InChI=1S/C19H22BrN3O4/c1-11(2)21-17(24)9-12(3)22-18(25)13-5-4-6-14(10-13)23-19(26)15-7-8-16(20)27-15/h4-8,10-12H,9H2,1-3H3,(H,21,24)(H,22,25)(H,23,26)/t12-/m1/s1. The summed E-state index contributed by atoms with van der Waals surface area (Å²) >= 11 is 3.14. The number of carbonyl (C=O) groups is 3. The maximum atomic E-state index is 12.4. The SMILES string of the molecule is CC(C)NC(=O)C[C@@H](C)NC(=O)c1cccc(NC(=O)c2ccc(Br)o2)c1. The van der Waals surface area contributed by atoms with Gasteiger partial charge in [-0.3, -0.25) is 14.4 Å². The fourth-order valence-corrected chi connectivity index (χ4v) is 2.69. The van der Waals surface area contributed by atoms with Crippen molar-refractivity contribution >= 4 is 39.3 Å². The van der Waals surface area contributed by atoms with E-state index in [4.69, 9.17) is 4.42 Å². The van der Waals surface area contributed by atoms with Gasteiger partial charge in [-0.25, -0.2) is 0 Å². The quantitative estimate of drug-likeness (QED) is 0.620. The second-order valence-corrected chi connectivity index (χ2v) is 7.22. The molecule has 0 spiro atoms. The monoisotopic (exact) mass is 435 g/mol. The van der Waals surface area contributed by atoms with Gasteiger partial charge in [-0.05, 0) is 67.0 Å². The molecule has 2 rings (SSSR count). The van der Waals surface area contributed by atoms with Crippen molar-refractivity contribution in [3.05, 3.63) is 52.4 Å². The maximum absolute atomic E-state index is 12.4. The first-order valence-electron chi connectivity index (χ1n) is 8.51.